The minimum atomic E-state index is 0.756. The van der Waals surface area contributed by atoms with Crippen LogP contribution < -0.4 is 5.32 Å². The molecule has 0 spiro atoms. The quantitative estimate of drug-likeness (QED) is 0.751. The van der Waals surface area contributed by atoms with Crippen LogP contribution in [0.2, 0.25) is 0 Å². The van der Waals surface area contributed by atoms with Crippen molar-refractivity contribution in [1.82, 2.24) is 10.2 Å². The third kappa shape index (κ3) is 2.58. The van der Waals surface area contributed by atoms with Gasteiger partial charge in [-0.3, -0.25) is 0 Å². The summed E-state index contributed by atoms with van der Waals surface area (Å²) in [6, 6.07) is 0.756. The van der Waals surface area contributed by atoms with E-state index < -0.39 is 0 Å². The summed E-state index contributed by atoms with van der Waals surface area (Å²) in [5.41, 5.74) is 0. The second kappa shape index (κ2) is 5.11. The SMILES string of the molecule is CCN1CCCC(NCC2CC3C=CC2C3)C1. The molecule has 4 unspecified atom stereocenters. The molecule has 2 fully saturated rings. The highest BCUT2D eigenvalue weighted by molar-refractivity contribution is 5.10. The summed E-state index contributed by atoms with van der Waals surface area (Å²) in [7, 11) is 0. The topological polar surface area (TPSA) is 15.3 Å². The van der Waals surface area contributed by atoms with E-state index in [4.69, 9.17) is 0 Å². The summed E-state index contributed by atoms with van der Waals surface area (Å²) in [5.74, 6) is 2.76. The molecule has 2 heteroatoms. The van der Waals surface area contributed by atoms with Crippen LogP contribution in [0.4, 0.5) is 0 Å². The van der Waals surface area contributed by atoms with Crippen LogP contribution in [0, 0.1) is 17.8 Å². The molecule has 2 bridgehead atoms. The Labute approximate surface area is 105 Å². The highest BCUT2D eigenvalue weighted by atomic mass is 15.2. The minimum Gasteiger partial charge on any atom is -0.312 e. The summed E-state index contributed by atoms with van der Waals surface area (Å²) in [5, 5.41) is 3.84. The van der Waals surface area contributed by atoms with Gasteiger partial charge in [-0.25, -0.2) is 0 Å². The third-order valence-electron chi connectivity index (χ3n) is 5.04. The lowest BCUT2D eigenvalue weighted by Gasteiger charge is -2.33. The molecule has 0 aromatic carbocycles. The number of hydrogen-bond donors (Lipinski definition) is 1. The van der Waals surface area contributed by atoms with Gasteiger partial charge in [-0.1, -0.05) is 19.1 Å². The Morgan fingerprint density at radius 2 is 2.24 bits per heavy atom. The van der Waals surface area contributed by atoms with Crippen molar-refractivity contribution < 1.29 is 0 Å². The predicted molar refractivity (Wildman–Crippen MR) is 72.0 cm³/mol. The molecule has 1 N–H and O–H groups in total. The van der Waals surface area contributed by atoms with Crippen LogP contribution in [0.5, 0.6) is 0 Å². The van der Waals surface area contributed by atoms with E-state index in [1.807, 2.05) is 0 Å². The molecule has 2 nitrogen and oxygen atoms in total. The molecule has 0 aromatic rings. The summed E-state index contributed by atoms with van der Waals surface area (Å²) in [6.45, 7) is 7.34. The largest absolute Gasteiger partial charge is 0.312 e. The van der Waals surface area contributed by atoms with Crippen molar-refractivity contribution in [2.24, 2.45) is 17.8 Å². The molecule has 0 aromatic heterocycles. The first-order chi connectivity index (χ1) is 8.35. The van der Waals surface area contributed by atoms with Gasteiger partial charge in [-0.2, -0.15) is 0 Å². The Kier molecular flexibility index (Phi) is 3.53. The van der Waals surface area contributed by atoms with Crippen molar-refractivity contribution in [3.05, 3.63) is 12.2 Å². The molecule has 2 aliphatic carbocycles. The molecule has 17 heavy (non-hydrogen) atoms. The highest BCUT2D eigenvalue weighted by Gasteiger charge is 2.35. The van der Waals surface area contributed by atoms with E-state index in [-0.39, 0.29) is 0 Å². The van der Waals surface area contributed by atoms with Crippen LogP contribution in [0.1, 0.15) is 32.6 Å². The Bertz CT molecular complexity index is 287. The summed E-state index contributed by atoms with van der Waals surface area (Å²) in [6.07, 6.45) is 10.6. The van der Waals surface area contributed by atoms with Gasteiger partial charge in [-0.05, 0) is 63.1 Å². The van der Waals surface area contributed by atoms with Gasteiger partial charge >= 0.3 is 0 Å². The molecule has 96 valence electrons. The number of nitrogens with one attached hydrogen (secondary N) is 1. The zero-order chi connectivity index (χ0) is 11.7. The molecule has 1 saturated carbocycles. The molecule has 1 saturated heterocycles. The molecule has 1 heterocycles. The molecule has 1 aliphatic heterocycles. The van der Waals surface area contributed by atoms with Gasteiger partial charge in [0.05, 0.1) is 0 Å². The van der Waals surface area contributed by atoms with Crippen molar-refractivity contribution in [3.8, 4) is 0 Å². The number of likely N-dealkylation sites (N-methyl/N-ethyl adjacent to an activating group) is 1. The number of hydrogen-bond acceptors (Lipinski definition) is 2. The zero-order valence-corrected chi connectivity index (χ0v) is 11.1. The van der Waals surface area contributed by atoms with Crippen LogP contribution >= 0.6 is 0 Å². The Balaban J connectivity index is 1.43. The van der Waals surface area contributed by atoms with Crippen molar-refractivity contribution in [1.29, 1.82) is 0 Å². The molecule has 0 radical (unpaired) electrons. The van der Waals surface area contributed by atoms with E-state index >= 15 is 0 Å². The number of rotatable bonds is 4. The molecular formula is C15H26N2. The fraction of sp³-hybridized carbons (Fsp3) is 0.867. The van der Waals surface area contributed by atoms with Crippen molar-refractivity contribution in [2.75, 3.05) is 26.2 Å². The maximum Gasteiger partial charge on any atom is 0.0195 e. The van der Waals surface area contributed by atoms with E-state index in [1.165, 1.54) is 51.9 Å². The third-order valence-corrected chi connectivity index (χ3v) is 5.04. The van der Waals surface area contributed by atoms with E-state index in [0.717, 1.165) is 23.8 Å². The number of nitrogens with zero attached hydrogens (tertiary/aromatic N) is 1. The molecule has 4 atom stereocenters. The second-order valence-electron chi connectivity index (χ2n) is 6.18. The summed E-state index contributed by atoms with van der Waals surface area (Å²) >= 11 is 0. The predicted octanol–water partition coefficient (Wildman–Crippen LogP) is 2.27. The number of fused-ring (bicyclic) bond motifs is 2. The Morgan fingerprint density at radius 3 is 2.94 bits per heavy atom. The smallest absolute Gasteiger partial charge is 0.0195 e. The summed E-state index contributed by atoms with van der Waals surface area (Å²) < 4.78 is 0. The van der Waals surface area contributed by atoms with Crippen LogP contribution in [0.15, 0.2) is 12.2 Å². The van der Waals surface area contributed by atoms with Crippen LogP contribution in [-0.4, -0.2) is 37.1 Å². The van der Waals surface area contributed by atoms with Crippen molar-refractivity contribution >= 4 is 0 Å². The maximum absolute atomic E-state index is 3.84. The first kappa shape index (κ1) is 11.7. The van der Waals surface area contributed by atoms with Crippen LogP contribution in [0.25, 0.3) is 0 Å². The van der Waals surface area contributed by atoms with Crippen molar-refractivity contribution in [2.45, 2.75) is 38.6 Å². The number of allylic oxidation sites excluding steroid dienone is 2. The van der Waals surface area contributed by atoms with E-state index in [9.17, 15) is 0 Å². The average Bonchev–Trinajstić information content (AvgIpc) is 2.99. The fourth-order valence-electron chi connectivity index (χ4n) is 3.96. The first-order valence-electron chi connectivity index (χ1n) is 7.49. The first-order valence-corrected chi connectivity index (χ1v) is 7.49. The molecule has 3 aliphatic rings. The Morgan fingerprint density at radius 1 is 1.29 bits per heavy atom. The van der Waals surface area contributed by atoms with Crippen molar-refractivity contribution in [3.63, 3.8) is 0 Å². The standard InChI is InChI=1S/C15H26N2/c1-2-17-7-3-4-15(11-17)16-10-14-9-12-5-6-13(14)8-12/h5-6,12-16H,2-4,7-11H2,1H3. The molecule has 0 amide bonds. The molecular weight excluding hydrogens is 208 g/mol. The zero-order valence-electron chi connectivity index (χ0n) is 11.1. The van der Waals surface area contributed by atoms with E-state index in [1.54, 1.807) is 0 Å². The van der Waals surface area contributed by atoms with Crippen LogP contribution in [-0.2, 0) is 0 Å². The highest BCUT2D eigenvalue weighted by Crippen LogP contribution is 2.43. The fourth-order valence-corrected chi connectivity index (χ4v) is 3.96. The second-order valence-corrected chi connectivity index (χ2v) is 6.18. The normalized spacial score (nSPS) is 41.2. The van der Waals surface area contributed by atoms with Gasteiger partial charge in [0.1, 0.15) is 0 Å². The monoisotopic (exact) mass is 234 g/mol. The van der Waals surface area contributed by atoms with Gasteiger partial charge in [0, 0.05) is 12.6 Å². The lowest BCUT2D eigenvalue weighted by molar-refractivity contribution is 0.193. The van der Waals surface area contributed by atoms with E-state index in [2.05, 4.69) is 29.3 Å². The number of likely N-dealkylation sites (tertiary alicyclic amines) is 1. The van der Waals surface area contributed by atoms with E-state index in [0.29, 0.717) is 0 Å². The van der Waals surface area contributed by atoms with Gasteiger partial charge in [0.25, 0.3) is 0 Å². The van der Waals surface area contributed by atoms with Gasteiger partial charge in [0.15, 0.2) is 0 Å². The lowest BCUT2D eigenvalue weighted by atomic mass is 9.93. The van der Waals surface area contributed by atoms with Crippen LogP contribution in [0.3, 0.4) is 0 Å². The molecule has 3 rings (SSSR count). The minimum absolute atomic E-state index is 0.756. The van der Waals surface area contributed by atoms with Gasteiger partial charge in [0.2, 0.25) is 0 Å². The lowest BCUT2D eigenvalue weighted by Crippen LogP contribution is -2.47. The van der Waals surface area contributed by atoms with Gasteiger partial charge in [-0.15, -0.1) is 0 Å². The maximum atomic E-state index is 3.84. The Hall–Kier alpha value is -0.340. The van der Waals surface area contributed by atoms with Gasteiger partial charge < -0.3 is 10.2 Å². The summed E-state index contributed by atoms with van der Waals surface area (Å²) in [4.78, 5) is 2.59. The number of piperidine rings is 1. The average molecular weight is 234 g/mol.